The van der Waals surface area contributed by atoms with Crippen LogP contribution in [-0.4, -0.2) is 53.4 Å². The molecule has 114 valence electrons. The zero-order valence-electron chi connectivity index (χ0n) is 12.4. The second-order valence-corrected chi connectivity index (χ2v) is 6.51. The van der Waals surface area contributed by atoms with E-state index in [0.717, 1.165) is 29.4 Å². The second kappa shape index (κ2) is 8.28. The molecule has 0 saturated carbocycles. The SMILES string of the molecule is C[C@@H]1CSCCN1C[C@H](O)COc1ccc(CC#N)cc1. The van der Waals surface area contributed by atoms with Crippen molar-refractivity contribution in [2.75, 3.05) is 31.2 Å². The Morgan fingerprint density at radius 1 is 1.48 bits per heavy atom. The molecule has 1 aliphatic heterocycles. The number of nitrogens with zero attached hydrogens (tertiary/aromatic N) is 2. The zero-order valence-corrected chi connectivity index (χ0v) is 13.2. The molecule has 2 rings (SSSR count). The predicted octanol–water partition coefficient (Wildman–Crippen LogP) is 1.93. The third kappa shape index (κ3) is 5.24. The highest BCUT2D eigenvalue weighted by Crippen LogP contribution is 2.17. The van der Waals surface area contributed by atoms with E-state index in [9.17, 15) is 5.11 Å². The van der Waals surface area contributed by atoms with E-state index in [0.29, 0.717) is 25.6 Å². The molecule has 1 aromatic rings. The predicted molar refractivity (Wildman–Crippen MR) is 85.6 cm³/mol. The van der Waals surface area contributed by atoms with Gasteiger partial charge in [-0.3, -0.25) is 4.90 Å². The molecule has 0 bridgehead atoms. The van der Waals surface area contributed by atoms with Gasteiger partial charge in [0.25, 0.3) is 0 Å². The molecule has 0 unspecified atom stereocenters. The van der Waals surface area contributed by atoms with Crippen LogP contribution in [0.1, 0.15) is 12.5 Å². The van der Waals surface area contributed by atoms with E-state index in [1.165, 1.54) is 0 Å². The summed E-state index contributed by atoms with van der Waals surface area (Å²) in [5, 5.41) is 18.7. The van der Waals surface area contributed by atoms with Gasteiger partial charge in [-0.15, -0.1) is 0 Å². The fourth-order valence-electron chi connectivity index (χ4n) is 2.34. The molecule has 0 radical (unpaired) electrons. The van der Waals surface area contributed by atoms with E-state index in [4.69, 9.17) is 10.00 Å². The van der Waals surface area contributed by atoms with Gasteiger partial charge in [0.15, 0.2) is 0 Å². The molecule has 0 amide bonds. The summed E-state index contributed by atoms with van der Waals surface area (Å²) in [7, 11) is 0. The highest BCUT2D eigenvalue weighted by Gasteiger charge is 2.21. The van der Waals surface area contributed by atoms with Crippen LogP contribution in [0.2, 0.25) is 0 Å². The summed E-state index contributed by atoms with van der Waals surface area (Å²) in [5.41, 5.74) is 0.977. The average Bonchev–Trinajstić information content (AvgIpc) is 2.49. The molecule has 1 aromatic carbocycles. The highest BCUT2D eigenvalue weighted by molar-refractivity contribution is 7.99. The molecule has 5 heteroatoms. The standard InChI is InChI=1S/C16H22N2O2S/c1-13-12-21-9-8-18(13)10-15(19)11-20-16-4-2-14(3-5-16)6-7-17/h2-5,13,15,19H,6,8-12H2,1H3/t13-,15+/m1/s1. The largest absolute Gasteiger partial charge is 0.491 e. The van der Waals surface area contributed by atoms with Crippen LogP contribution < -0.4 is 4.74 Å². The van der Waals surface area contributed by atoms with Gasteiger partial charge in [-0.05, 0) is 24.6 Å². The van der Waals surface area contributed by atoms with Crippen LogP contribution >= 0.6 is 11.8 Å². The van der Waals surface area contributed by atoms with Crippen LogP contribution in [0.15, 0.2) is 24.3 Å². The Morgan fingerprint density at radius 2 is 2.24 bits per heavy atom. The molecular weight excluding hydrogens is 284 g/mol. The van der Waals surface area contributed by atoms with E-state index >= 15 is 0 Å². The minimum absolute atomic E-state index is 0.300. The molecule has 21 heavy (non-hydrogen) atoms. The number of benzene rings is 1. The Morgan fingerprint density at radius 3 is 2.90 bits per heavy atom. The molecule has 4 nitrogen and oxygen atoms in total. The Kier molecular flexibility index (Phi) is 6.37. The summed E-state index contributed by atoms with van der Waals surface area (Å²) >= 11 is 1.97. The number of β-amino-alcohol motifs (C(OH)–C–C–N with tert-alkyl or cyclic N) is 1. The molecular formula is C16H22N2O2S. The first kappa shape index (κ1) is 16.2. The highest BCUT2D eigenvalue weighted by atomic mass is 32.2. The van der Waals surface area contributed by atoms with Crippen LogP contribution in [0.5, 0.6) is 5.75 Å². The average molecular weight is 306 g/mol. The summed E-state index contributed by atoms with van der Waals surface area (Å²) in [6.45, 7) is 4.20. The van der Waals surface area contributed by atoms with Crippen LogP contribution in [-0.2, 0) is 6.42 Å². The second-order valence-electron chi connectivity index (χ2n) is 5.36. The lowest BCUT2D eigenvalue weighted by Gasteiger charge is -2.34. The Hall–Kier alpha value is -1.22. The van der Waals surface area contributed by atoms with Gasteiger partial charge in [-0.1, -0.05) is 12.1 Å². The summed E-state index contributed by atoms with van der Waals surface area (Å²) < 4.78 is 5.61. The van der Waals surface area contributed by atoms with Gasteiger partial charge in [0.05, 0.1) is 12.5 Å². The summed E-state index contributed by atoms with van der Waals surface area (Å²) in [6, 6.07) is 10.1. The van der Waals surface area contributed by atoms with Crippen LogP contribution in [0, 0.1) is 11.3 Å². The van der Waals surface area contributed by atoms with E-state index in [1.54, 1.807) is 0 Å². The quantitative estimate of drug-likeness (QED) is 0.870. The lowest BCUT2D eigenvalue weighted by molar-refractivity contribution is 0.0596. The monoisotopic (exact) mass is 306 g/mol. The van der Waals surface area contributed by atoms with Gasteiger partial charge in [-0.2, -0.15) is 17.0 Å². The lowest BCUT2D eigenvalue weighted by atomic mass is 10.2. The maximum Gasteiger partial charge on any atom is 0.119 e. The molecule has 0 aliphatic carbocycles. The number of hydrogen-bond acceptors (Lipinski definition) is 5. The zero-order chi connectivity index (χ0) is 15.1. The van der Waals surface area contributed by atoms with Crippen molar-refractivity contribution in [3.63, 3.8) is 0 Å². The van der Waals surface area contributed by atoms with Gasteiger partial charge in [0.2, 0.25) is 0 Å². The third-order valence-corrected chi connectivity index (χ3v) is 4.79. The smallest absolute Gasteiger partial charge is 0.119 e. The van der Waals surface area contributed by atoms with Gasteiger partial charge in [0.1, 0.15) is 18.5 Å². The van der Waals surface area contributed by atoms with Crippen molar-refractivity contribution in [1.82, 2.24) is 4.90 Å². The molecule has 1 N–H and O–H groups in total. The van der Waals surface area contributed by atoms with Crippen LogP contribution in [0.25, 0.3) is 0 Å². The van der Waals surface area contributed by atoms with Crippen molar-refractivity contribution in [3.8, 4) is 11.8 Å². The molecule has 0 spiro atoms. The van der Waals surface area contributed by atoms with Crippen molar-refractivity contribution in [3.05, 3.63) is 29.8 Å². The van der Waals surface area contributed by atoms with Crippen molar-refractivity contribution < 1.29 is 9.84 Å². The first-order valence-corrected chi connectivity index (χ1v) is 8.43. The summed E-state index contributed by atoms with van der Waals surface area (Å²) in [5.74, 6) is 3.00. The molecule has 1 saturated heterocycles. The van der Waals surface area contributed by atoms with Gasteiger partial charge >= 0.3 is 0 Å². The van der Waals surface area contributed by atoms with Crippen LogP contribution in [0.4, 0.5) is 0 Å². The van der Waals surface area contributed by atoms with E-state index in [1.807, 2.05) is 36.0 Å². The van der Waals surface area contributed by atoms with Crippen molar-refractivity contribution >= 4 is 11.8 Å². The Bertz CT molecular complexity index is 472. The number of ether oxygens (including phenoxy) is 1. The third-order valence-electron chi connectivity index (χ3n) is 3.60. The van der Waals surface area contributed by atoms with Gasteiger partial charge in [-0.25, -0.2) is 0 Å². The number of aliphatic hydroxyl groups is 1. The lowest BCUT2D eigenvalue weighted by Crippen LogP contribution is -2.45. The first-order chi connectivity index (χ1) is 10.2. The maximum atomic E-state index is 10.1. The number of rotatable bonds is 6. The molecule has 1 fully saturated rings. The number of nitriles is 1. The molecule has 1 aliphatic rings. The first-order valence-electron chi connectivity index (χ1n) is 7.27. The molecule has 1 heterocycles. The van der Waals surface area contributed by atoms with E-state index in [2.05, 4.69) is 17.9 Å². The number of hydrogen-bond donors (Lipinski definition) is 1. The van der Waals surface area contributed by atoms with Crippen molar-refractivity contribution in [2.24, 2.45) is 0 Å². The topological polar surface area (TPSA) is 56.5 Å². The van der Waals surface area contributed by atoms with E-state index in [-0.39, 0.29) is 0 Å². The number of aliphatic hydroxyl groups excluding tert-OH is 1. The minimum atomic E-state index is -0.477. The fourth-order valence-corrected chi connectivity index (χ4v) is 3.43. The normalized spacial score (nSPS) is 20.7. The summed E-state index contributed by atoms with van der Waals surface area (Å²) in [4.78, 5) is 2.32. The fraction of sp³-hybridized carbons (Fsp3) is 0.562. The Labute approximate surface area is 130 Å². The maximum absolute atomic E-state index is 10.1. The van der Waals surface area contributed by atoms with E-state index < -0.39 is 6.10 Å². The Balaban J connectivity index is 1.75. The molecule has 0 aromatic heterocycles. The molecule has 2 atom stereocenters. The van der Waals surface area contributed by atoms with Crippen LogP contribution in [0.3, 0.4) is 0 Å². The van der Waals surface area contributed by atoms with Crippen molar-refractivity contribution in [1.29, 1.82) is 5.26 Å². The minimum Gasteiger partial charge on any atom is -0.491 e. The summed E-state index contributed by atoms with van der Waals surface area (Å²) in [6.07, 6.45) is -0.0670. The van der Waals surface area contributed by atoms with Gasteiger partial charge in [0, 0.05) is 30.6 Å². The van der Waals surface area contributed by atoms with Crippen molar-refractivity contribution in [2.45, 2.75) is 25.5 Å². The van der Waals surface area contributed by atoms with Gasteiger partial charge < -0.3 is 9.84 Å². The number of thioether (sulfide) groups is 1.